The summed E-state index contributed by atoms with van der Waals surface area (Å²) in [5, 5.41) is 3.64. The maximum atomic E-state index is 11.9. The van der Waals surface area contributed by atoms with Gasteiger partial charge in [0.2, 0.25) is 0 Å². The number of amides is 1. The number of hydrogen-bond donors (Lipinski definition) is 1. The van der Waals surface area contributed by atoms with Crippen LogP contribution in [0.5, 0.6) is 0 Å². The Morgan fingerprint density at radius 2 is 2.00 bits per heavy atom. The van der Waals surface area contributed by atoms with Crippen LogP contribution in [0.4, 0.5) is 4.79 Å². The van der Waals surface area contributed by atoms with E-state index in [9.17, 15) is 9.00 Å². The van der Waals surface area contributed by atoms with Crippen molar-refractivity contribution in [3.8, 4) is 0 Å². The van der Waals surface area contributed by atoms with Crippen molar-refractivity contribution in [3.05, 3.63) is 35.9 Å². The van der Waals surface area contributed by atoms with Gasteiger partial charge in [0.05, 0.1) is 19.8 Å². The first-order valence-corrected chi connectivity index (χ1v) is 8.97. The van der Waals surface area contributed by atoms with Crippen molar-refractivity contribution in [1.82, 2.24) is 4.31 Å². The Bertz CT molecular complexity index is 616. The molecule has 0 radical (unpaired) electrons. The van der Waals surface area contributed by atoms with Crippen LogP contribution < -0.4 is 0 Å². The summed E-state index contributed by atoms with van der Waals surface area (Å²) in [5.74, 6) is -0.0916. The summed E-state index contributed by atoms with van der Waals surface area (Å²) in [6.07, 6.45) is -1.32. The van der Waals surface area contributed by atoms with Gasteiger partial charge in [0.15, 0.2) is 6.29 Å². The molecule has 10 heteroatoms. The summed E-state index contributed by atoms with van der Waals surface area (Å²) in [6, 6.07) is 9.59. The predicted molar refractivity (Wildman–Crippen MR) is 95.0 cm³/mol. The molecule has 1 heterocycles. The van der Waals surface area contributed by atoms with Crippen LogP contribution in [0.25, 0.3) is 0 Å². The molecular weight excluding hydrogens is 368 g/mol. The van der Waals surface area contributed by atoms with Crippen molar-refractivity contribution >= 4 is 35.0 Å². The molecule has 1 fully saturated rings. The first-order chi connectivity index (χ1) is 12.0. The number of carbonyl (C=O) groups excluding carboxylic acids is 1. The van der Waals surface area contributed by atoms with E-state index in [-0.39, 0.29) is 17.6 Å². The highest BCUT2D eigenvalue weighted by Gasteiger charge is 2.26. The third-order valence-electron chi connectivity index (χ3n) is 3.18. The summed E-state index contributed by atoms with van der Waals surface area (Å²) in [6.45, 7) is 2.44. The summed E-state index contributed by atoms with van der Waals surface area (Å²) in [4.78, 5) is 16.1. The van der Waals surface area contributed by atoms with Crippen LogP contribution in [0.1, 0.15) is 18.8 Å². The Kier molecular flexibility index (Phi) is 7.85. The smallest absolute Gasteiger partial charge is 0.348 e. The average molecular weight is 388 g/mol. The van der Waals surface area contributed by atoms with Gasteiger partial charge in [-0.1, -0.05) is 35.5 Å². The number of benzene rings is 1. The number of carbonyl (C=O) groups is 1. The van der Waals surface area contributed by atoms with E-state index in [0.29, 0.717) is 13.2 Å². The Morgan fingerprint density at radius 1 is 1.36 bits per heavy atom. The molecule has 0 aromatic heterocycles. The van der Waals surface area contributed by atoms with Crippen LogP contribution in [-0.2, 0) is 29.8 Å². The molecule has 25 heavy (non-hydrogen) atoms. The number of hydrogen-bond acceptors (Lipinski definition) is 7. The molecular formula is C15H20N2O6S2. The molecule has 138 valence electrons. The zero-order valence-corrected chi connectivity index (χ0v) is 15.6. The zero-order chi connectivity index (χ0) is 18.2. The van der Waals surface area contributed by atoms with Gasteiger partial charge in [0, 0.05) is 18.5 Å². The van der Waals surface area contributed by atoms with E-state index in [1.54, 1.807) is 0 Å². The van der Waals surface area contributed by atoms with Gasteiger partial charge in [-0.25, -0.2) is 13.3 Å². The van der Waals surface area contributed by atoms with Crippen molar-refractivity contribution in [2.45, 2.75) is 13.2 Å². The first kappa shape index (κ1) is 19.9. The number of rotatable bonds is 6. The standard InChI is InChI=1S/C15H20N2O6S2/c1-11(24)16-23-15(18)17(2)25(19)22-10-12-8-20-14(21-9-12)13-6-4-3-5-7-13/h3-7,12,14H,8-10H2,1-2H3,(H,16,24). The van der Waals surface area contributed by atoms with Crippen LogP contribution in [0.2, 0.25) is 0 Å². The monoisotopic (exact) mass is 388 g/mol. The Labute approximate surface area is 154 Å². The lowest BCUT2D eigenvalue weighted by atomic mass is 10.1. The van der Waals surface area contributed by atoms with E-state index in [0.717, 1.165) is 9.87 Å². The van der Waals surface area contributed by atoms with Gasteiger partial charge in [0.25, 0.3) is 11.3 Å². The first-order valence-electron chi connectivity index (χ1n) is 7.49. The van der Waals surface area contributed by atoms with Gasteiger partial charge < -0.3 is 9.47 Å². The molecule has 1 aliphatic heterocycles. The minimum Gasteiger partial charge on any atom is -0.348 e. The topological polar surface area (TPSA) is 86.7 Å². The van der Waals surface area contributed by atoms with Crippen LogP contribution in [0, 0.1) is 5.92 Å². The van der Waals surface area contributed by atoms with Crippen molar-refractivity contribution < 1.29 is 27.5 Å². The molecule has 1 saturated heterocycles. The van der Waals surface area contributed by atoms with Crippen molar-refractivity contribution in [1.29, 1.82) is 0 Å². The third-order valence-corrected chi connectivity index (χ3v) is 4.20. The second-order valence-corrected chi connectivity index (χ2v) is 7.13. The van der Waals surface area contributed by atoms with Gasteiger partial charge in [0.1, 0.15) is 5.04 Å². The number of oxime groups is 1. The van der Waals surface area contributed by atoms with Gasteiger partial charge in [-0.2, -0.15) is 0 Å². The summed E-state index contributed by atoms with van der Waals surface area (Å²) >= 11 is 1.85. The van der Waals surface area contributed by atoms with E-state index in [1.165, 1.54) is 14.0 Å². The van der Waals surface area contributed by atoms with Crippen LogP contribution in [-0.4, -0.2) is 46.5 Å². The Morgan fingerprint density at radius 3 is 2.60 bits per heavy atom. The molecule has 0 bridgehead atoms. The summed E-state index contributed by atoms with van der Waals surface area (Å²) in [7, 11) is 1.28. The van der Waals surface area contributed by atoms with E-state index in [2.05, 4.69) is 22.6 Å². The highest BCUT2D eigenvalue weighted by Crippen LogP contribution is 2.25. The Balaban J connectivity index is 1.72. The van der Waals surface area contributed by atoms with Gasteiger partial charge in [-0.15, -0.1) is 12.6 Å². The number of ether oxygens (including phenoxy) is 2. The zero-order valence-electron chi connectivity index (χ0n) is 13.9. The molecule has 0 N–H and O–H groups in total. The Hall–Kier alpha value is -1.46. The molecule has 1 atom stereocenters. The molecule has 1 aromatic carbocycles. The molecule has 0 saturated carbocycles. The van der Waals surface area contributed by atoms with E-state index in [1.807, 2.05) is 30.3 Å². The molecule has 1 unspecified atom stereocenters. The maximum Gasteiger partial charge on any atom is 0.449 e. The summed E-state index contributed by atoms with van der Waals surface area (Å²) in [5.41, 5.74) is 0.938. The van der Waals surface area contributed by atoms with E-state index >= 15 is 0 Å². The van der Waals surface area contributed by atoms with Crippen molar-refractivity contribution in [2.24, 2.45) is 11.1 Å². The molecule has 0 aliphatic carbocycles. The highest BCUT2D eigenvalue weighted by atomic mass is 32.2. The maximum absolute atomic E-state index is 11.9. The summed E-state index contributed by atoms with van der Waals surface area (Å²) < 4.78 is 29.2. The average Bonchev–Trinajstić information content (AvgIpc) is 2.64. The molecule has 8 nitrogen and oxygen atoms in total. The third kappa shape index (κ3) is 6.40. The van der Waals surface area contributed by atoms with Gasteiger partial charge in [-0.05, 0) is 6.92 Å². The minimum atomic E-state index is -2.00. The van der Waals surface area contributed by atoms with Gasteiger partial charge in [-0.3, -0.25) is 9.02 Å². The second kappa shape index (κ2) is 9.88. The SMILES string of the molecule is CC(S)=NOC(=O)N(C)S(=O)OCC1COC(c2ccccc2)OC1. The molecule has 1 amide bonds. The lowest BCUT2D eigenvalue weighted by Gasteiger charge is -2.29. The fourth-order valence-corrected chi connectivity index (χ4v) is 2.56. The fourth-order valence-electron chi connectivity index (χ4n) is 1.90. The molecule has 0 spiro atoms. The lowest BCUT2D eigenvalue weighted by molar-refractivity contribution is -0.208. The largest absolute Gasteiger partial charge is 0.449 e. The van der Waals surface area contributed by atoms with Crippen LogP contribution in [0.15, 0.2) is 35.5 Å². The van der Waals surface area contributed by atoms with Gasteiger partial charge >= 0.3 is 6.09 Å². The fraction of sp³-hybridized carbons (Fsp3) is 0.467. The second-order valence-electron chi connectivity index (χ2n) is 5.27. The van der Waals surface area contributed by atoms with E-state index in [4.69, 9.17) is 13.7 Å². The number of thiol groups is 1. The normalized spacial score (nSPS) is 22.3. The predicted octanol–water partition coefficient (Wildman–Crippen LogP) is 2.28. The quantitative estimate of drug-likeness (QED) is 0.265. The van der Waals surface area contributed by atoms with Crippen LogP contribution in [0.3, 0.4) is 0 Å². The number of nitrogens with zero attached hydrogens (tertiary/aromatic N) is 2. The van der Waals surface area contributed by atoms with Crippen molar-refractivity contribution in [2.75, 3.05) is 26.9 Å². The molecule has 1 aliphatic rings. The minimum absolute atomic E-state index is 0.0916. The lowest BCUT2D eigenvalue weighted by Crippen LogP contribution is -2.34. The molecule has 1 aromatic rings. The van der Waals surface area contributed by atoms with Crippen LogP contribution >= 0.6 is 12.6 Å². The van der Waals surface area contributed by atoms with E-state index < -0.39 is 23.6 Å². The van der Waals surface area contributed by atoms with Crippen molar-refractivity contribution in [3.63, 3.8) is 0 Å². The molecule has 2 rings (SSSR count). The highest BCUT2D eigenvalue weighted by molar-refractivity contribution is 7.96.